The molecule has 1 aliphatic rings. The predicted molar refractivity (Wildman–Crippen MR) is 76.3 cm³/mol. The Morgan fingerprint density at radius 2 is 1.89 bits per heavy atom. The number of amides is 1. The minimum atomic E-state index is -0.293. The first kappa shape index (κ1) is 15.5. The highest BCUT2D eigenvalue weighted by Crippen LogP contribution is 2.29. The number of nitrogens with zero attached hydrogens (tertiary/aromatic N) is 1. The zero-order valence-corrected chi connectivity index (χ0v) is 12.3. The van der Waals surface area contributed by atoms with Gasteiger partial charge >= 0.3 is 0 Å². The summed E-state index contributed by atoms with van der Waals surface area (Å²) < 4.78 is 0. The smallest absolute Gasteiger partial charge is 0.239 e. The normalized spacial score (nSPS) is 25.8. The third-order valence-corrected chi connectivity index (χ3v) is 4.47. The lowest BCUT2D eigenvalue weighted by Gasteiger charge is -2.35. The van der Waals surface area contributed by atoms with Crippen LogP contribution in [0.4, 0.5) is 0 Å². The Kier molecular flexibility index (Phi) is 6.69. The summed E-state index contributed by atoms with van der Waals surface area (Å²) >= 11 is 0. The molecule has 106 valence electrons. The van der Waals surface area contributed by atoms with Gasteiger partial charge in [-0.3, -0.25) is 4.79 Å². The fraction of sp³-hybridized carbons (Fsp3) is 0.933. The van der Waals surface area contributed by atoms with Gasteiger partial charge < -0.3 is 10.6 Å². The van der Waals surface area contributed by atoms with Gasteiger partial charge in [0, 0.05) is 13.1 Å². The van der Waals surface area contributed by atoms with Crippen molar-refractivity contribution in [3.05, 3.63) is 0 Å². The van der Waals surface area contributed by atoms with Crippen LogP contribution in [0.5, 0.6) is 0 Å². The molecular formula is C15H30N2O. The maximum absolute atomic E-state index is 12.2. The third kappa shape index (κ3) is 4.27. The number of hydrogen-bond acceptors (Lipinski definition) is 2. The lowest BCUT2D eigenvalue weighted by atomic mass is 9.84. The van der Waals surface area contributed by atoms with Gasteiger partial charge in [0.2, 0.25) is 5.91 Å². The van der Waals surface area contributed by atoms with Crippen LogP contribution in [0.3, 0.4) is 0 Å². The summed E-state index contributed by atoms with van der Waals surface area (Å²) in [5.74, 6) is 1.02. The Bertz CT molecular complexity index is 247. The summed E-state index contributed by atoms with van der Waals surface area (Å²) in [5, 5.41) is 0. The molecule has 0 bridgehead atoms. The second-order valence-electron chi connectivity index (χ2n) is 5.78. The van der Waals surface area contributed by atoms with Crippen LogP contribution in [0.2, 0.25) is 0 Å². The molecule has 3 heteroatoms. The van der Waals surface area contributed by atoms with Crippen molar-refractivity contribution in [1.82, 2.24) is 4.90 Å². The first-order valence-electron chi connectivity index (χ1n) is 7.62. The SMILES string of the molecule is CCCCC(N)C(=O)N(C)C1CCC(CC)CC1. The van der Waals surface area contributed by atoms with Crippen molar-refractivity contribution in [3.63, 3.8) is 0 Å². The Morgan fingerprint density at radius 3 is 2.39 bits per heavy atom. The molecule has 1 atom stereocenters. The van der Waals surface area contributed by atoms with E-state index < -0.39 is 0 Å². The van der Waals surface area contributed by atoms with Crippen molar-refractivity contribution in [2.24, 2.45) is 11.7 Å². The molecule has 0 aliphatic heterocycles. The molecule has 1 amide bonds. The zero-order valence-electron chi connectivity index (χ0n) is 12.3. The molecular weight excluding hydrogens is 224 g/mol. The van der Waals surface area contributed by atoms with E-state index in [2.05, 4.69) is 13.8 Å². The van der Waals surface area contributed by atoms with E-state index in [0.717, 1.165) is 38.0 Å². The van der Waals surface area contributed by atoms with Gasteiger partial charge in [-0.2, -0.15) is 0 Å². The second-order valence-corrected chi connectivity index (χ2v) is 5.78. The summed E-state index contributed by atoms with van der Waals surface area (Å²) in [5.41, 5.74) is 5.97. The molecule has 0 aromatic carbocycles. The summed E-state index contributed by atoms with van der Waals surface area (Å²) in [6, 6.07) is 0.131. The monoisotopic (exact) mass is 254 g/mol. The average Bonchev–Trinajstić information content (AvgIpc) is 2.43. The molecule has 0 spiro atoms. The number of likely N-dealkylation sites (N-methyl/N-ethyl adjacent to an activating group) is 1. The predicted octanol–water partition coefficient (Wildman–Crippen LogP) is 2.93. The maximum atomic E-state index is 12.2. The van der Waals surface area contributed by atoms with Crippen molar-refractivity contribution in [3.8, 4) is 0 Å². The van der Waals surface area contributed by atoms with Gasteiger partial charge in [-0.1, -0.05) is 33.1 Å². The van der Waals surface area contributed by atoms with Crippen molar-refractivity contribution in [2.75, 3.05) is 7.05 Å². The molecule has 0 aromatic heterocycles. The fourth-order valence-corrected chi connectivity index (χ4v) is 2.93. The number of unbranched alkanes of at least 4 members (excludes halogenated alkanes) is 1. The molecule has 0 aromatic rings. The van der Waals surface area contributed by atoms with Crippen LogP contribution in [0.25, 0.3) is 0 Å². The third-order valence-electron chi connectivity index (χ3n) is 4.47. The van der Waals surface area contributed by atoms with Crippen LogP contribution in [-0.2, 0) is 4.79 Å². The van der Waals surface area contributed by atoms with Gasteiger partial charge in [-0.05, 0) is 38.0 Å². The van der Waals surface area contributed by atoms with Crippen LogP contribution in [0.15, 0.2) is 0 Å². The minimum Gasteiger partial charge on any atom is -0.341 e. The Morgan fingerprint density at radius 1 is 1.28 bits per heavy atom. The lowest BCUT2D eigenvalue weighted by Crippen LogP contribution is -2.47. The van der Waals surface area contributed by atoms with Crippen molar-refractivity contribution < 1.29 is 4.79 Å². The van der Waals surface area contributed by atoms with Crippen molar-refractivity contribution in [2.45, 2.75) is 77.3 Å². The quantitative estimate of drug-likeness (QED) is 0.792. The lowest BCUT2D eigenvalue weighted by molar-refractivity contribution is -0.134. The molecule has 1 saturated carbocycles. The topological polar surface area (TPSA) is 46.3 Å². The zero-order chi connectivity index (χ0) is 13.5. The molecule has 3 nitrogen and oxygen atoms in total. The largest absolute Gasteiger partial charge is 0.341 e. The number of carbonyl (C=O) groups is 1. The van der Waals surface area contributed by atoms with Gasteiger partial charge in [0.25, 0.3) is 0 Å². The first-order chi connectivity index (χ1) is 8.60. The van der Waals surface area contributed by atoms with Crippen LogP contribution in [0, 0.1) is 5.92 Å². The molecule has 1 fully saturated rings. The number of carbonyl (C=O) groups excluding carboxylic acids is 1. The van der Waals surface area contributed by atoms with Crippen molar-refractivity contribution in [1.29, 1.82) is 0 Å². The van der Waals surface area contributed by atoms with E-state index in [-0.39, 0.29) is 11.9 Å². The maximum Gasteiger partial charge on any atom is 0.239 e. The molecule has 0 saturated heterocycles. The summed E-state index contributed by atoms with van der Waals surface area (Å²) in [6.07, 6.45) is 9.09. The van der Waals surface area contributed by atoms with E-state index in [1.807, 2.05) is 11.9 Å². The molecule has 0 radical (unpaired) electrons. The van der Waals surface area contributed by atoms with E-state index in [1.165, 1.54) is 19.3 Å². The first-order valence-corrected chi connectivity index (χ1v) is 7.62. The molecule has 1 unspecified atom stereocenters. The van der Waals surface area contributed by atoms with Gasteiger partial charge in [-0.25, -0.2) is 0 Å². The second kappa shape index (κ2) is 7.78. The molecule has 0 heterocycles. The van der Waals surface area contributed by atoms with E-state index in [0.29, 0.717) is 6.04 Å². The Balaban J connectivity index is 2.39. The van der Waals surface area contributed by atoms with Gasteiger partial charge in [0.15, 0.2) is 0 Å². The average molecular weight is 254 g/mol. The van der Waals surface area contributed by atoms with Crippen LogP contribution in [-0.4, -0.2) is 29.9 Å². The summed E-state index contributed by atoms with van der Waals surface area (Å²) in [4.78, 5) is 14.1. The van der Waals surface area contributed by atoms with Crippen LogP contribution < -0.4 is 5.73 Å². The minimum absolute atomic E-state index is 0.142. The standard InChI is InChI=1S/C15H30N2O/c1-4-6-7-14(16)15(18)17(3)13-10-8-12(5-2)9-11-13/h12-14H,4-11,16H2,1-3H3. The van der Waals surface area contributed by atoms with Crippen LogP contribution in [0.1, 0.15) is 65.2 Å². The molecule has 1 aliphatic carbocycles. The van der Waals surface area contributed by atoms with Gasteiger partial charge in [0.1, 0.15) is 0 Å². The highest BCUT2D eigenvalue weighted by Gasteiger charge is 2.27. The summed E-state index contributed by atoms with van der Waals surface area (Å²) in [6.45, 7) is 4.40. The van der Waals surface area contributed by atoms with E-state index in [4.69, 9.17) is 5.73 Å². The Hall–Kier alpha value is -0.570. The number of nitrogens with two attached hydrogens (primary N) is 1. The van der Waals surface area contributed by atoms with Crippen molar-refractivity contribution >= 4 is 5.91 Å². The molecule has 2 N–H and O–H groups in total. The number of hydrogen-bond donors (Lipinski definition) is 1. The van der Waals surface area contributed by atoms with Crippen LogP contribution >= 0.6 is 0 Å². The summed E-state index contributed by atoms with van der Waals surface area (Å²) in [7, 11) is 1.94. The number of rotatable bonds is 6. The molecule has 1 rings (SSSR count). The molecule has 18 heavy (non-hydrogen) atoms. The van der Waals surface area contributed by atoms with E-state index >= 15 is 0 Å². The fourth-order valence-electron chi connectivity index (χ4n) is 2.93. The highest BCUT2D eigenvalue weighted by atomic mass is 16.2. The Labute approximate surface area is 112 Å². The van der Waals surface area contributed by atoms with Gasteiger partial charge in [-0.15, -0.1) is 0 Å². The van der Waals surface area contributed by atoms with E-state index in [9.17, 15) is 4.79 Å². The van der Waals surface area contributed by atoms with Gasteiger partial charge in [0.05, 0.1) is 6.04 Å². The van der Waals surface area contributed by atoms with E-state index in [1.54, 1.807) is 0 Å². The highest BCUT2D eigenvalue weighted by molar-refractivity contribution is 5.81.